The van der Waals surface area contributed by atoms with E-state index in [1.54, 1.807) is 6.21 Å². The molecule has 10 heteroatoms. The minimum absolute atomic E-state index is 0.109. The molecule has 1 aliphatic rings. The van der Waals surface area contributed by atoms with E-state index in [4.69, 9.17) is 4.74 Å². The zero-order chi connectivity index (χ0) is 20.9. The van der Waals surface area contributed by atoms with Crippen LogP contribution in [-0.2, 0) is 21.2 Å². The maximum Gasteiger partial charge on any atom is 0.295 e. The number of hydrogen-bond donors (Lipinski definition) is 1. The Labute approximate surface area is 169 Å². The Balaban J connectivity index is 1.80. The van der Waals surface area contributed by atoms with Crippen molar-refractivity contribution in [2.24, 2.45) is 5.10 Å². The van der Waals surface area contributed by atoms with E-state index in [1.165, 1.54) is 22.0 Å². The van der Waals surface area contributed by atoms with Gasteiger partial charge in [-0.25, -0.2) is 8.42 Å². The number of ether oxygens (including phenoxy) is 1. The molecule has 0 spiro atoms. The van der Waals surface area contributed by atoms with E-state index >= 15 is 0 Å². The van der Waals surface area contributed by atoms with Crippen molar-refractivity contribution in [2.45, 2.75) is 18.2 Å². The first-order valence-electron chi connectivity index (χ1n) is 9.16. The Hall–Kier alpha value is -2.82. The predicted molar refractivity (Wildman–Crippen MR) is 110 cm³/mol. The van der Waals surface area contributed by atoms with Gasteiger partial charge < -0.3 is 4.74 Å². The molecule has 9 nitrogen and oxygen atoms in total. The topological polar surface area (TPSA) is 114 Å². The van der Waals surface area contributed by atoms with Gasteiger partial charge in [0.1, 0.15) is 5.69 Å². The lowest BCUT2D eigenvalue weighted by molar-refractivity contribution is -0.384. The van der Waals surface area contributed by atoms with Gasteiger partial charge in [-0.05, 0) is 29.7 Å². The second kappa shape index (κ2) is 9.12. The monoisotopic (exact) mass is 418 g/mol. The lowest BCUT2D eigenvalue weighted by Gasteiger charge is -2.26. The maximum atomic E-state index is 12.7. The molecule has 154 valence electrons. The van der Waals surface area contributed by atoms with Crippen LogP contribution in [0, 0.1) is 10.1 Å². The van der Waals surface area contributed by atoms with E-state index in [2.05, 4.69) is 17.5 Å². The average molecular weight is 418 g/mol. The van der Waals surface area contributed by atoms with Gasteiger partial charge in [-0.3, -0.25) is 15.5 Å². The van der Waals surface area contributed by atoms with Crippen LogP contribution in [-0.4, -0.2) is 50.2 Å². The van der Waals surface area contributed by atoms with Crippen molar-refractivity contribution in [3.8, 4) is 0 Å². The Morgan fingerprint density at radius 2 is 1.90 bits per heavy atom. The number of nitro benzene ring substituents is 1. The number of benzene rings is 2. The van der Waals surface area contributed by atoms with Crippen LogP contribution in [0.2, 0.25) is 0 Å². The summed E-state index contributed by atoms with van der Waals surface area (Å²) in [6, 6.07) is 11.5. The molecular weight excluding hydrogens is 396 g/mol. The van der Waals surface area contributed by atoms with Gasteiger partial charge in [0.25, 0.3) is 5.69 Å². The van der Waals surface area contributed by atoms with Gasteiger partial charge in [0.2, 0.25) is 10.0 Å². The highest BCUT2D eigenvalue weighted by molar-refractivity contribution is 7.89. The summed E-state index contributed by atoms with van der Waals surface area (Å²) >= 11 is 0. The summed E-state index contributed by atoms with van der Waals surface area (Å²) < 4.78 is 31.9. The summed E-state index contributed by atoms with van der Waals surface area (Å²) in [6.45, 7) is 3.10. The number of sulfonamides is 1. The molecule has 2 aromatic rings. The number of hydrogen-bond acceptors (Lipinski definition) is 7. The van der Waals surface area contributed by atoms with Crippen LogP contribution in [0.1, 0.15) is 18.1 Å². The molecule has 0 unspecified atom stereocenters. The number of nitro groups is 1. The van der Waals surface area contributed by atoms with Crippen LogP contribution in [0.25, 0.3) is 0 Å². The number of rotatable bonds is 7. The van der Waals surface area contributed by atoms with Crippen LogP contribution in [0.15, 0.2) is 52.5 Å². The molecule has 2 aromatic carbocycles. The lowest BCUT2D eigenvalue weighted by atomic mass is 10.1. The summed E-state index contributed by atoms with van der Waals surface area (Å²) in [7, 11) is -3.82. The summed E-state index contributed by atoms with van der Waals surface area (Å²) in [5, 5.41) is 15.5. The number of aryl methyl sites for hydroxylation is 1. The molecule has 0 saturated carbocycles. The van der Waals surface area contributed by atoms with Crippen LogP contribution >= 0.6 is 0 Å². The highest BCUT2D eigenvalue weighted by Gasteiger charge is 2.28. The maximum absolute atomic E-state index is 12.7. The van der Waals surface area contributed by atoms with Gasteiger partial charge in [-0.1, -0.05) is 31.2 Å². The molecule has 29 heavy (non-hydrogen) atoms. The fourth-order valence-corrected chi connectivity index (χ4v) is 4.30. The normalized spacial score (nSPS) is 15.5. The molecule has 0 aromatic heterocycles. The summed E-state index contributed by atoms with van der Waals surface area (Å²) in [6.07, 6.45) is 2.48. The van der Waals surface area contributed by atoms with Gasteiger partial charge in [-0.15, -0.1) is 0 Å². The second-order valence-electron chi connectivity index (χ2n) is 6.42. The van der Waals surface area contributed by atoms with Crippen LogP contribution < -0.4 is 5.43 Å². The first-order chi connectivity index (χ1) is 13.9. The first-order valence-corrected chi connectivity index (χ1v) is 10.6. The molecule has 1 aliphatic heterocycles. The van der Waals surface area contributed by atoms with Gasteiger partial charge in [-0.2, -0.15) is 9.41 Å². The quantitative estimate of drug-likeness (QED) is 0.420. The molecule has 0 atom stereocenters. The van der Waals surface area contributed by atoms with Gasteiger partial charge >= 0.3 is 0 Å². The van der Waals surface area contributed by atoms with Gasteiger partial charge in [0.05, 0.1) is 29.2 Å². The summed E-state index contributed by atoms with van der Waals surface area (Å²) in [4.78, 5) is 10.7. The average Bonchev–Trinajstić information content (AvgIpc) is 2.74. The van der Waals surface area contributed by atoms with Crippen molar-refractivity contribution in [3.63, 3.8) is 0 Å². The third-order valence-corrected chi connectivity index (χ3v) is 6.45. The highest BCUT2D eigenvalue weighted by Crippen LogP contribution is 2.29. The number of nitrogens with one attached hydrogen (secondary N) is 1. The Morgan fingerprint density at radius 3 is 2.52 bits per heavy atom. The standard InChI is InChI=1S/C19H22N4O5S/c1-2-15-3-5-16(6-4-15)14-20-21-18-8-7-17(13-19(18)23(24)25)29(26,27)22-9-11-28-12-10-22/h3-8,13-14,21H,2,9-12H2,1H3/b20-14+. The van der Waals surface area contributed by atoms with Gasteiger partial charge in [0.15, 0.2) is 0 Å². The molecule has 0 aliphatic carbocycles. The SMILES string of the molecule is CCc1ccc(/C=N/Nc2ccc(S(=O)(=O)N3CCOCC3)cc2[N+](=O)[O-])cc1. The van der Waals surface area contributed by atoms with Crippen molar-refractivity contribution in [1.82, 2.24) is 4.31 Å². The lowest BCUT2D eigenvalue weighted by Crippen LogP contribution is -2.40. The van der Waals surface area contributed by atoms with Crippen LogP contribution in [0.3, 0.4) is 0 Å². The summed E-state index contributed by atoms with van der Waals surface area (Å²) in [5.74, 6) is 0. The first kappa shape index (κ1) is 20.9. The van der Waals surface area contributed by atoms with E-state index in [0.717, 1.165) is 18.1 Å². The Bertz CT molecular complexity index is 1000. The Morgan fingerprint density at radius 1 is 1.21 bits per heavy atom. The highest BCUT2D eigenvalue weighted by atomic mass is 32.2. The summed E-state index contributed by atoms with van der Waals surface area (Å²) in [5.41, 5.74) is 4.41. The molecule has 3 rings (SSSR count). The Kier molecular flexibility index (Phi) is 6.57. The molecule has 1 saturated heterocycles. The zero-order valence-corrected chi connectivity index (χ0v) is 16.8. The zero-order valence-electron chi connectivity index (χ0n) is 15.9. The number of anilines is 1. The third kappa shape index (κ3) is 4.97. The van der Waals surface area contributed by atoms with Crippen molar-refractivity contribution in [3.05, 3.63) is 63.7 Å². The minimum Gasteiger partial charge on any atom is -0.379 e. The molecule has 0 radical (unpaired) electrons. The second-order valence-corrected chi connectivity index (χ2v) is 8.36. The third-order valence-electron chi connectivity index (χ3n) is 4.56. The molecule has 0 amide bonds. The number of hydrazone groups is 1. The molecule has 0 bridgehead atoms. The van der Waals surface area contributed by atoms with Gasteiger partial charge in [0, 0.05) is 19.2 Å². The van der Waals surface area contributed by atoms with E-state index in [9.17, 15) is 18.5 Å². The fourth-order valence-electron chi connectivity index (χ4n) is 2.87. The number of nitrogens with zero attached hydrogens (tertiary/aromatic N) is 3. The smallest absolute Gasteiger partial charge is 0.295 e. The molecule has 1 heterocycles. The fraction of sp³-hybridized carbons (Fsp3) is 0.316. The van der Waals surface area contributed by atoms with Crippen LogP contribution in [0.5, 0.6) is 0 Å². The molecule has 1 fully saturated rings. The molecule has 1 N–H and O–H groups in total. The van der Waals surface area contributed by atoms with E-state index in [-0.39, 0.29) is 29.4 Å². The largest absolute Gasteiger partial charge is 0.379 e. The van der Waals surface area contributed by atoms with Crippen LogP contribution in [0.4, 0.5) is 11.4 Å². The predicted octanol–water partition coefficient (Wildman–Crippen LogP) is 2.62. The minimum atomic E-state index is -3.82. The molecular formula is C19H22N4O5S. The van der Waals surface area contributed by atoms with E-state index in [1.807, 2.05) is 24.3 Å². The van der Waals surface area contributed by atoms with E-state index < -0.39 is 14.9 Å². The van der Waals surface area contributed by atoms with Crippen molar-refractivity contribution < 1.29 is 18.1 Å². The van der Waals surface area contributed by atoms with E-state index in [0.29, 0.717) is 13.2 Å². The van der Waals surface area contributed by atoms with Crippen molar-refractivity contribution >= 4 is 27.6 Å². The van der Waals surface area contributed by atoms with Crippen molar-refractivity contribution in [1.29, 1.82) is 0 Å². The number of morpholine rings is 1. The van der Waals surface area contributed by atoms with Crippen molar-refractivity contribution in [2.75, 3.05) is 31.7 Å².